The number of methoxy groups -OCH3 is 1. The Morgan fingerprint density at radius 1 is 1.17 bits per heavy atom. The molecule has 3 amide bonds. The molecule has 0 unspecified atom stereocenters. The highest BCUT2D eigenvalue weighted by Crippen LogP contribution is 2.17. The number of aryl methyl sites for hydroxylation is 1. The number of para-hydroxylation sites is 1. The van der Waals surface area contributed by atoms with E-state index < -0.39 is 11.9 Å². The van der Waals surface area contributed by atoms with Gasteiger partial charge >= 0.3 is 6.03 Å². The van der Waals surface area contributed by atoms with Crippen molar-refractivity contribution in [1.82, 2.24) is 16.2 Å². The van der Waals surface area contributed by atoms with E-state index in [1.807, 2.05) is 24.3 Å². The number of urea groups is 1. The molecule has 0 bridgehead atoms. The van der Waals surface area contributed by atoms with E-state index >= 15 is 0 Å². The highest BCUT2D eigenvalue weighted by atomic mass is 16.5. The molecule has 1 aromatic heterocycles. The SMILES string of the molecule is COc1ccccc1CCNC(=O)NNC(=O)c1ccoc1C. The van der Waals surface area contributed by atoms with Crippen LogP contribution in [0.4, 0.5) is 4.79 Å². The fourth-order valence-electron chi connectivity index (χ4n) is 2.07. The van der Waals surface area contributed by atoms with Crippen molar-refractivity contribution in [1.29, 1.82) is 0 Å². The van der Waals surface area contributed by atoms with E-state index in [0.29, 0.717) is 24.3 Å². The normalized spacial score (nSPS) is 10.0. The van der Waals surface area contributed by atoms with Crippen molar-refractivity contribution < 1.29 is 18.7 Å². The topological polar surface area (TPSA) is 92.6 Å². The van der Waals surface area contributed by atoms with Gasteiger partial charge in [-0.05, 0) is 31.0 Å². The molecule has 0 saturated carbocycles. The molecule has 0 aliphatic rings. The number of benzene rings is 1. The van der Waals surface area contributed by atoms with E-state index in [-0.39, 0.29) is 0 Å². The molecule has 0 radical (unpaired) electrons. The summed E-state index contributed by atoms with van der Waals surface area (Å²) >= 11 is 0. The van der Waals surface area contributed by atoms with Gasteiger partial charge in [-0.2, -0.15) is 0 Å². The molecular formula is C16H19N3O4. The molecule has 0 fully saturated rings. The van der Waals surface area contributed by atoms with E-state index in [1.54, 1.807) is 14.0 Å². The summed E-state index contributed by atoms with van der Waals surface area (Å²) < 4.78 is 10.3. The summed E-state index contributed by atoms with van der Waals surface area (Å²) in [4.78, 5) is 23.4. The van der Waals surface area contributed by atoms with Crippen molar-refractivity contribution in [2.75, 3.05) is 13.7 Å². The molecular weight excluding hydrogens is 298 g/mol. The third-order valence-electron chi connectivity index (χ3n) is 3.27. The largest absolute Gasteiger partial charge is 0.496 e. The first-order chi connectivity index (χ1) is 11.1. The van der Waals surface area contributed by atoms with Crippen LogP contribution in [0.3, 0.4) is 0 Å². The number of hydrazine groups is 1. The second-order valence-corrected chi connectivity index (χ2v) is 4.79. The molecule has 3 N–H and O–H groups in total. The number of hydrogen-bond acceptors (Lipinski definition) is 4. The van der Waals surface area contributed by atoms with Crippen molar-refractivity contribution in [3.8, 4) is 5.75 Å². The van der Waals surface area contributed by atoms with Gasteiger partial charge in [0.2, 0.25) is 0 Å². The number of amides is 3. The Kier molecular flexibility index (Phi) is 5.62. The monoisotopic (exact) mass is 317 g/mol. The van der Waals surface area contributed by atoms with Gasteiger partial charge in [0.05, 0.1) is 18.9 Å². The van der Waals surface area contributed by atoms with Crippen LogP contribution in [-0.4, -0.2) is 25.6 Å². The lowest BCUT2D eigenvalue weighted by Gasteiger charge is -2.10. The van der Waals surface area contributed by atoms with Crippen LogP contribution in [-0.2, 0) is 6.42 Å². The molecule has 0 spiro atoms. The molecule has 0 aliphatic heterocycles. The zero-order valence-corrected chi connectivity index (χ0v) is 13.0. The van der Waals surface area contributed by atoms with Crippen LogP contribution >= 0.6 is 0 Å². The van der Waals surface area contributed by atoms with E-state index in [4.69, 9.17) is 9.15 Å². The van der Waals surface area contributed by atoms with Gasteiger partial charge in [0, 0.05) is 6.54 Å². The van der Waals surface area contributed by atoms with E-state index in [2.05, 4.69) is 16.2 Å². The Labute approximate surface area is 134 Å². The highest BCUT2D eigenvalue weighted by molar-refractivity contribution is 5.95. The quantitative estimate of drug-likeness (QED) is 0.733. The first-order valence-electron chi connectivity index (χ1n) is 7.12. The number of rotatable bonds is 5. The molecule has 0 saturated heterocycles. The second-order valence-electron chi connectivity index (χ2n) is 4.79. The minimum Gasteiger partial charge on any atom is -0.496 e. The fourth-order valence-corrected chi connectivity index (χ4v) is 2.07. The molecule has 1 aromatic carbocycles. The molecule has 2 aromatic rings. The Morgan fingerprint density at radius 2 is 1.96 bits per heavy atom. The first kappa shape index (κ1) is 16.4. The van der Waals surface area contributed by atoms with Crippen molar-refractivity contribution in [2.45, 2.75) is 13.3 Å². The third-order valence-corrected chi connectivity index (χ3v) is 3.27. The Bertz CT molecular complexity index is 681. The predicted octanol–water partition coefficient (Wildman–Crippen LogP) is 1.78. The zero-order chi connectivity index (χ0) is 16.7. The zero-order valence-electron chi connectivity index (χ0n) is 13.0. The lowest BCUT2D eigenvalue weighted by Crippen LogP contribution is -2.47. The van der Waals surface area contributed by atoms with Gasteiger partial charge in [0.15, 0.2) is 0 Å². The van der Waals surface area contributed by atoms with Crippen molar-refractivity contribution in [3.63, 3.8) is 0 Å². The first-order valence-corrected chi connectivity index (χ1v) is 7.12. The van der Waals surface area contributed by atoms with E-state index in [9.17, 15) is 9.59 Å². The fraction of sp³-hybridized carbons (Fsp3) is 0.250. The summed E-state index contributed by atoms with van der Waals surface area (Å²) in [6.07, 6.45) is 2.03. The van der Waals surface area contributed by atoms with Crippen molar-refractivity contribution >= 4 is 11.9 Å². The van der Waals surface area contributed by atoms with Gasteiger partial charge in [0.25, 0.3) is 5.91 Å². The molecule has 0 atom stereocenters. The predicted molar refractivity (Wildman–Crippen MR) is 84.1 cm³/mol. The standard InChI is InChI=1S/C16H19N3O4/c1-11-13(8-10-23-11)15(20)18-19-16(21)17-9-7-12-5-3-4-6-14(12)22-2/h3-6,8,10H,7,9H2,1-2H3,(H,18,20)(H2,17,19,21). The molecule has 7 nitrogen and oxygen atoms in total. The van der Waals surface area contributed by atoms with Crippen LogP contribution in [0.2, 0.25) is 0 Å². The van der Waals surface area contributed by atoms with E-state index in [0.717, 1.165) is 11.3 Å². The summed E-state index contributed by atoms with van der Waals surface area (Å²) in [5, 5.41) is 2.65. The van der Waals surface area contributed by atoms with Gasteiger partial charge in [-0.1, -0.05) is 18.2 Å². The maximum absolute atomic E-state index is 11.8. The number of carbonyl (C=O) groups is 2. The van der Waals surface area contributed by atoms with Crippen molar-refractivity contribution in [3.05, 3.63) is 53.5 Å². The molecule has 0 aliphatic carbocycles. The average molecular weight is 317 g/mol. The van der Waals surface area contributed by atoms with Crippen LogP contribution in [0.25, 0.3) is 0 Å². The number of furan rings is 1. The Balaban J connectivity index is 1.73. The second kappa shape index (κ2) is 7.88. The molecule has 122 valence electrons. The summed E-state index contributed by atoms with van der Waals surface area (Å²) in [5.74, 6) is 0.829. The van der Waals surface area contributed by atoms with Gasteiger partial charge in [0.1, 0.15) is 11.5 Å². The lowest BCUT2D eigenvalue weighted by molar-refractivity contribution is 0.0934. The summed E-state index contributed by atoms with van der Waals surface area (Å²) in [6, 6.07) is 8.63. The van der Waals surface area contributed by atoms with Crippen LogP contribution in [0.1, 0.15) is 21.7 Å². The molecule has 23 heavy (non-hydrogen) atoms. The van der Waals surface area contributed by atoms with Crippen LogP contribution in [0, 0.1) is 6.92 Å². The molecule has 2 rings (SSSR count). The number of nitrogens with one attached hydrogen (secondary N) is 3. The van der Waals surface area contributed by atoms with Crippen LogP contribution in [0.5, 0.6) is 5.75 Å². The third kappa shape index (κ3) is 4.50. The maximum atomic E-state index is 11.8. The van der Waals surface area contributed by atoms with Gasteiger partial charge < -0.3 is 14.5 Å². The Morgan fingerprint density at radius 3 is 2.65 bits per heavy atom. The smallest absolute Gasteiger partial charge is 0.333 e. The van der Waals surface area contributed by atoms with Gasteiger partial charge in [-0.25, -0.2) is 10.2 Å². The number of hydrogen-bond donors (Lipinski definition) is 3. The Hall–Kier alpha value is -2.96. The molecule has 1 heterocycles. The van der Waals surface area contributed by atoms with Gasteiger partial charge in [-0.15, -0.1) is 0 Å². The average Bonchev–Trinajstić information content (AvgIpc) is 2.99. The minimum atomic E-state index is -0.491. The van der Waals surface area contributed by atoms with E-state index in [1.165, 1.54) is 12.3 Å². The molecule has 7 heteroatoms. The summed E-state index contributed by atoms with van der Waals surface area (Å²) in [7, 11) is 1.60. The van der Waals surface area contributed by atoms with Crippen molar-refractivity contribution in [2.24, 2.45) is 0 Å². The minimum absolute atomic E-state index is 0.374. The van der Waals surface area contributed by atoms with Gasteiger partial charge in [-0.3, -0.25) is 10.2 Å². The summed E-state index contributed by atoms with van der Waals surface area (Å²) in [5.41, 5.74) is 5.97. The van der Waals surface area contributed by atoms with Crippen LogP contribution < -0.4 is 20.9 Å². The maximum Gasteiger partial charge on any atom is 0.333 e. The summed E-state index contributed by atoms with van der Waals surface area (Å²) in [6.45, 7) is 2.08. The lowest BCUT2D eigenvalue weighted by atomic mass is 10.1. The highest BCUT2D eigenvalue weighted by Gasteiger charge is 2.11. The number of carbonyl (C=O) groups excluding carboxylic acids is 2. The number of ether oxygens (including phenoxy) is 1. The van der Waals surface area contributed by atoms with Crippen LogP contribution in [0.15, 0.2) is 41.0 Å².